The van der Waals surface area contributed by atoms with Gasteiger partial charge in [-0.1, -0.05) is 0 Å². The molecule has 0 radical (unpaired) electrons. The number of hydrogen-bond donors (Lipinski definition) is 2. The van der Waals surface area contributed by atoms with Crippen molar-refractivity contribution in [3.05, 3.63) is 46.5 Å². The minimum atomic E-state index is -0.556. The lowest BCUT2D eigenvalue weighted by atomic mass is 10.1. The van der Waals surface area contributed by atoms with E-state index in [1.165, 1.54) is 5.56 Å². The first-order chi connectivity index (χ1) is 14.7. The van der Waals surface area contributed by atoms with Gasteiger partial charge in [-0.2, -0.15) is 0 Å². The molecule has 1 amide bonds. The molecule has 0 saturated carbocycles. The molecule has 0 atom stereocenters. The SMILES string of the molecule is COc1ccc2c(CCNc3nc(Cl)nc4c3CN(C(=O)OC(C)(C)C)C4)c[nH]c2c1. The van der Waals surface area contributed by atoms with Crippen LogP contribution < -0.4 is 10.1 Å². The van der Waals surface area contributed by atoms with Crippen molar-refractivity contribution in [1.29, 1.82) is 0 Å². The van der Waals surface area contributed by atoms with Gasteiger partial charge in [0.15, 0.2) is 0 Å². The Kier molecular flexibility index (Phi) is 5.66. The molecular weight excluding hydrogens is 418 g/mol. The average Bonchev–Trinajstić information content (AvgIpc) is 3.30. The van der Waals surface area contributed by atoms with Crippen LogP contribution in [0, 0.1) is 0 Å². The van der Waals surface area contributed by atoms with E-state index >= 15 is 0 Å². The lowest BCUT2D eigenvalue weighted by molar-refractivity contribution is 0.0241. The van der Waals surface area contributed by atoms with Gasteiger partial charge >= 0.3 is 6.09 Å². The zero-order valence-corrected chi connectivity index (χ0v) is 18.8. The predicted octanol–water partition coefficient (Wildman–Crippen LogP) is 4.53. The van der Waals surface area contributed by atoms with Gasteiger partial charge in [0.05, 0.1) is 25.9 Å². The number of hydrogen-bond acceptors (Lipinski definition) is 6. The summed E-state index contributed by atoms with van der Waals surface area (Å²) in [5, 5.41) is 4.68. The van der Waals surface area contributed by atoms with Gasteiger partial charge in [0.25, 0.3) is 0 Å². The van der Waals surface area contributed by atoms with Crippen LogP contribution in [0.2, 0.25) is 5.28 Å². The number of methoxy groups -OCH3 is 1. The summed E-state index contributed by atoms with van der Waals surface area (Å²) >= 11 is 6.13. The second-order valence-corrected chi connectivity index (χ2v) is 8.84. The molecule has 2 aromatic heterocycles. The Bertz CT molecular complexity index is 1120. The number of nitrogens with one attached hydrogen (secondary N) is 2. The van der Waals surface area contributed by atoms with E-state index in [0.717, 1.165) is 34.3 Å². The summed E-state index contributed by atoms with van der Waals surface area (Å²) in [6, 6.07) is 5.99. The molecule has 0 unspecified atom stereocenters. The van der Waals surface area contributed by atoms with Crippen molar-refractivity contribution in [2.75, 3.05) is 19.0 Å². The van der Waals surface area contributed by atoms with E-state index in [-0.39, 0.29) is 11.4 Å². The Balaban J connectivity index is 1.45. The molecule has 0 bridgehead atoms. The van der Waals surface area contributed by atoms with Crippen LogP contribution in [0.25, 0.3) is 10.9 Å². The molecule has 31 heavy (non-hydrogen) atoms. The maximum Gasteiger partial charge on any atom is 0.410 e. The number of amides is 1. The third-order valence-electron chi connectivity index (χ3n) is 5.07. The van der Waals surface area contributed by atoms with Gasteiger partial charge in [0.1, 0.15) is 17.2 Å². The minimum absolute atomic E-state index is 0.159. The molecule has 1 aliphatic rings. The van der Waals surface area contributed by atoms with Gasteiger partial charge in [0, 0.05) is 35.3 Å². The van der Waals surface area contributed by atoms with E-state index < -0.39 is 5.60 Å². The molecule has 8 nitrogen and oxygen atoms in total. The quantitative estimate of drug-likeness (QED) is 0.563. The molecule has 2 N–H and O–H groups in total. The summed E-state index contributed by atoms with van der Waals surface area (Å²) in [5.41, 5.74) is 3.29. The number of nitrogens with zero attached hydrogens (tertiary/aromatic N) is 3. The van der Waals surface area contributed by atoms with Crippen molar-refractivity contribution < 1.29 is 14.3 Å². The molecule has 1 aromatic carbocycles. The van der Waals surface area contributed by atoms with E-state index in [9.17, 15) is 4.79 Å². The van der Waals surface area contributed by atoms with Crippen molar-refractivity contribution in [2.24, 2.45) is 0 Å². The van der Waals surface area contributed by atoms with E-state index in [4.69, 9.17) is 21.1 Å². The van der Waals surface area contributed by atoms with Gasteiger partial charge in [-0.15, -0.1) is 0 Å². The zero-order valence-electron chi connectivity index (χ0n) is 18.1. The van der Waals surface area contributed by atoms with Gasteiger partial charge < -0.3 is 19.8 Å². The highest BCUT2D eigenvalue weighted by Crippen LogP contribution is 2.29. The number of halogens is 1. The minimum Gasteiger partial charge on any atom is -0.497 e. The van der Waals surface area contributed by atoms with Crippen LogP contribution in [-0.2, 0) is 24.2 Å². The van der Waals surface area contributed by atoms with E-state index in [1.54, 1.807) is 12.0 Å². The fourth-order valence-corrected chi connectivity index (χ4v) is 3.83. The van der Waals surface area contributed by atoms with Crippen LogP contribution in [0.3, 0.4) is 0 Å². The summed E-state index contributed by atoms with van der Waals surface area (Å²) < 4.78 is 10.8. The summed E-state index contributed by atoms with van der Waals surface area (Å²) in [5.74, 6) is 1.47. The monoisotopic (exact) mass is 443 g/mol. The van der Waals surface area contributed by atoms with E-state index in [2.05, 4.69) is 26.3 Å². The van der Waals surface area contributed by atoms with E-state index in [0.29, 0.717) is 25.5 Å². The highest BCUT2D eigenvalue weighted by molar-refractivity contribution is 6.28. The Morgan fingerprint density at radius 1 is 1.29 bits per heavy atom. The van der Waals surface area contributed by atoms with Crippen LogP contribution in [0.15, 0.2) is 24.4 Å². The lowest BCUT2D eigenvalue weighted by Crippen LogP contribution is -2.33. The number of benzene rings is 1. The molecule has 0 aliphatic carbocycles. The topological polar surface area (TPSA) is 92.4 Å². The molecule has 0 spiro atoms. The second-order valence-electron chi connectivity index (χ2n) is 8.51. The average molecular weight is 444 g/mol. The maximum atomic E-state index is 12.5. The first kappa shape index (κ1) is 21.2. The third-order valence-corrected chi connectivity index (χ3v) is 5.24. The van der Waals surface area contributed by atoms with Crippen LogP contribution in [0.5, 0.6) is 5.75 Å². The number of aromatic nitrogens is 3. The highest BCUT2D eigenvalue weighted by atomic mass is 35.5. The summed E-state index contributed by atoms with van der Waals surface area (Å²) in [6.07, 6.45) is 2.42. The molecule has 9 heteroatoms. The van der Waals surface area contributed by atoms with Crippen molar-refractivity contribution in [2.45, 2.75) is 45.9 Å². The van der Waals surface area contributed by atoms with E-state index in [1.807, 2.05) is 39.1 Å². The number of H-pyrrole nitrogens is 1. The first-order valence-electron chi connectivity index (χ1n) is 10.1. The lowest BCUT2D eigenvalue weighted by Gasteiger charge is -2.24. The summed E-state index contributed by atoms with van der Waals surface area (Å²) in [6.45, 7) is 6.93. The van der Waals surface area contributed by atoms with Crippen molar-refractivity contribution >= 4 is 34.4 Å². The second kappa shape index (κ2) is 8.26. The number of fused-ring (bicyclic) bond motifs is 2. The Morgan fingerprint density at radius 2 is 2.10 bits per heavy atom. The third kappa shape index (κ3) is 4.69. The highest BCUT2D eigenvalue weighted by Gasteiger charge is 2.31. The fourth-order valence-electron chi connectivity index (χ4n) is 3.64. The van der Waals surface area contributed by atoms with Gasteiger partial charge in [-0.05, 0) is 56.5 Å². The molecule has 0 saturated heterocycles. The Morgan fingerprint density at radius 3 is 2.84 bits per heavy atom. The molecule has 3 aromatic rings. The Labute approximate surface area is 185 Å². The van der Waals surface area contributed by atoms with Crippen molar-refractivity contribution in [3.63, 3.8) is 0 Å². The molecule has 0 fully saturated rings. The van der Waals surface area contributed by atoms with Crippen LogP contribution in [-0.4, -0.2) is 45.2 Å². The Hall–Kier alpha value is -3.00. The number of aromatic amines is 1. The molecule has 1 aliphatic heterocycles. The number of ether oxygens (including phenoxy) is 2. The van der Waals surface area contributed by atoms with Crippen LogP contribution in [0.1, 0.15) is 37.6 Å². The molecule has 3 heterocycles. The van der Waals surface area contributed by atoms with Crippen LogP contribution in [0.4, 0.5) is 10.6 Å². The predicted molar refractivity (Wildman–Crippen MR) is 120 cm³/mol. The maximum absolute atomic E-state index is 12.5. The summed E-state index contributed by atoms with van der Waals surface area (Å²) in [4.78, 5) is 26.0. The number of rotatable bonds is 5. The number of carbonyl (C=O) groups excluding carboxylic acids is 1. The first-order valence-corrected chi connectivity index (χ1v) is 10.5. The van der Waals surface area contributed by atoms with Gasteiger partial charge in [0.2, 0.25) is 5.28 Å². The van der Waals surface area contributed by atoms with Gasteiger partial charge in [-0.25, -0.2) is 14.8 Å². The molecule has 164 valence electrons. The summed E-state index contributed by atoms with van der Waals surface area (Å²) in [7, 11) is 1.66. The fraction of sp³-hybridized carbons (Fsp3) is 0.409. The standard InChI is InChI=1S/C22H26ClN5O3/c1-22(2,3)31-21(29)28-11-16-18(12-28)26-20(23)27-19(16)24-8-7-13-10-25-17-9-14(30-4)5-6-15(13)17/h5-6,9-10,25H,7-8,11-12H2,1-4H3,(H,24,26,27). The van der Waals surface area contributed by atoms with Gasteiger partial charge in [-0.3, -0.25) is 4.90 Å². The van der Waals surface area contributed by atoms with Crippen molar-refractivity contribution in [1.82, 2.24) is 19.9 Å². The smallest absolute Gasteiger partial charge is 0.410 e. The number of carbonyl (C=O) groups is 1. The normalized spacial score (nSPS) is 13.4. The zero-order chi connectivity index (χ0) is 22.2. The van der Waals surface area contributed by atoms with Crippen molar-refractivity contribution in [3.8, 4) is 5.75 Å². The molecule has 4 rings (SSSR count). The number of anilines is 1. The van der Waals surface area contributed by atoms with Crippen LogP contribution >= 0.6 is 11.6 Å². The largest absolute Gasteiger partial charge is 0.497 e. The molecular formula is C22H26ClN5O3.